The van der Waals surface area contributed by atoms with E-state index in [2.05, 4.69) is 5.32 Å². The Hall–Kier alpha value is -1.10. The van der Waals surface area contributed by atoms with Crippen LogP contribution in [-0.4, -0.2) is 29.1 Å². The molecule has 0 aromatic rings. The van der Waals surface area contributed by atoms with Crippen LogP contribution in [0.25, 0.3) is 0 Å². The lowest BCUT2D eigenvalue weighted by molar-refractivity contribution is -0.149. The van der Waals surface area contributed by atoms with Gasteiger partial charge in [0.05, 0.1) is 0 Å². The molecule has 2 saturated carbocycles. The molecule has 0 bridgehead atoms. The van der Waals surface area contributed by atoms with Gasteiger partial charge in [-0.3, -0.25) is 4.79 Å². The standard InChI is InChI=1S/C16H28N2O3/c17-11-12-7-3-4-8-13(12)14(19)18-16(15(20)21)9-5-1-2-6-10-16/h12-13H,1-11,17H2,(H,18,19)(H,20,21). The van der Waals surface area contributed by atoms with E-state index in [9.17, 15) is 14.7 Å². The zero-order valence-corrected chi connectivity index (χ0v) is 12.8. The highest BCUT2D eigenvalue weighted by Gasteiger charge is 2.42. The topological polar surface area (TPSA) is 92.4 Å². The van der Waals surface area contributed by atoms with Gasteiger partial charge in [-0.1, -0.05) is 38.5 Å². The Balaban J connectivity index is 2.08. The first-order chi connectivity index (χ1) is 10.1. The Bertz CT molecular complexity index is 376. The molecule has 2 aliphatic rings. The summed E-state index contributed by atoms with van der Waals surface area (Å²) in [5, 5.41) is 12.6. The molecule has 2 aliphatic carbocycles. The average Bonchev–Trinajstić information content (AvgIpc) is 2.73. The van der Waals surface area contributed by atoms with Crippen LogP contribution in [0.15, 0.2) is 0 Å². The minimum atomic E-state index is -1.05. The summed E-state index contributed by atoms with van der Waals surface area (Å²) in [5.41, 5.74) is 4.73. The summed E-state index contributed by atoms with van der Waals surface area (Å²) in [5.74, 6) is -0.870. The number of amides is 1. The minimum Gasteiger partial charge on any atom is -0.480 e. The van der Waals surface area contributed by atoms with Crippen LogP contribution in [0.1, 0.15) is 64.2 Å². The number of carboxylic acids is 1. The van der Waals surface area contributed by atoms with Crippen molar-refractivity contribution in [1.82, 2.24) is 5.32 Å². The molecule has 0 radical (unpaired) electrons. The van der Waals surface area contributed by atoms with Crippen molar-refractivity contribution in [3.05, 3.63) is 0 Å². The molecule has 0 spiro atoms. The number of carboxylic acid groups (broad SMARTS) is 1. The van der Waals surface area contributed by atoms with Crippen LogP contribution in [0.4, 0.5) is 0 Å². The summed E-state index contributed by atoms with van der Waals surface area (Å²) in [6, 6.07) is 0. The highest BCUT2D eigenvalue weighted by molar-refractivity contribution is 5.88. The maximum absolute atomic E-state index is 12.6. The number of carbonyl (C=O) groups is 2. The van der Waals surface area contributed by atoms with Crippen molar-refractivity contribution in [2.24, 2.45) is 17.6 Å². The zero-order valence-electron chi connectivity index (χ0n) is 12.8. The van der Waals surface area contributed by atoms with Gasteiger partial charge in [0.25, 0.3) is 0 Å². The minimum absolute atomic E-state index is 0.0885. The molecule has 2 atom stereocenters. The molecule has 1 amide bonds. The lowest BCUT2D eigenvalue weighted by atomic mass is 9.78. The molecule has 0 aromatic heterocycles. The van der Waals surface area contributed by atoms with E-state index in [0.717, 1.165) is 51.4 Å². The first-order valence-corrected chi connectivity index (χ1v) is 8.34. The number of rotatable bonds is 4. The average molecular weight is 296 g/mol. The monoisotopic (exact) mass is 296 g/mol. The number of hydrogen-bond acceptors (Lipinski definition) is 3. The fourth-order valence-corrected chi connectivity index (χ4v) is 3.89. The summed E-state index contributed by atoms with van der Waals surface area (Å²) in [4.78, 5) is 24.4. The van der Waals surface area contributed by atoms with Gasteiger partial charge in [-0.25, -0.2) is 4.79 Å². The van der Waals surface area contributed by atoms with Crippen LogP contribution in [0.2, 0.25) is 0 Å². The van der Waals surface area contributed by atoms with E-state index in [0.29, 0.717) is 19.4 Å². The largest absolute Gasteiger partial charge is 0.480 e. The van der Waals surface area contributed by atoms with Gasteiger partial charge in [-0.2, -0.15) is 0 Å². The Labute approximate surface area is 126 Å². The number of nitrogens with two attached hydrogens (primary N) is 1. The van der Waals surface area contributed by atoms with Crippen molar-refractivity contribution in [3.63, 3.8) is 0 Å². The van der Waals surface area contributed by atoms with E-state index < -0.39 is 11.5 Å². The summed E-state index contributed by atoms with van der Waals surface area (Å²) < 4.78 is 0. The van der Waals surface area contributed by atoms with E-state index in [1.165, 1.54) is 0 Å². The summed E-state index contributed by atoms with van der Waals surface area (Å²) >= 11 is 0. The highest BCUT2D eigenvalue weighted by Crippen LogP contribution is 2.32. The summed E-state index contributed by atoms with van der Waals surface area (Å²) in [6.45, 7) is 0.512. The third kappa shape index (κ3) is 3.76. The second kappa shape index (κ2) is 7.25. The molecule has 0 aliphatic heterocycles. The lowest BCUT2D eigenvalue weighted by Crippen LogP contribution is -2.56. The molecule has 4 N–H and O–H groups in total. The van der Waals surface area contributed by atoms with Gasteiger partial charge in [0, 0.05) is 5.92 Å². The number of aliphatic carboxylic acids is 1. The third-order valence-corrected chi connectivity index (χ3v) is 5.28. The van der Waals surface area contributed by atoms with Gasteiger partial charge in [0.2, 0.25) is 5.91 Å². The van der Waals surface area contributed by atoms with Crippen LogP contribution >= 0.6 is 0 Å². The van der Waals surface area contributed by atoms with E-state index >= 15 is 0 Å². The first kappa shape index (κ1) is 16.3. The first-order valence-electron chi connectivity index (χ1n) is 8.34. The molecule has 2 fully saturated rings. The molecule has 21 heavy (non-hydrogen) atoms. The second-order valence-electron chi connectivity index (χ2n) is 6.68. The number of nitrogens with one attached hydrogen (secondary N) is 1. The van der Waals surface area contributed by atoms with Gasteiger partial charge < -0.3 is 16.2 Å². The van der Waals surface area contributed by atoms with E-state index in [-0.39, 0.29) is 17.7 Å². The van der Waals surface area contributed by atoms with Gasteiger partial charge >= 0.3 is 5.97 Å². The van der Waals surface area contributed by atoms with Crippen molar-refractivity contribution < 1.29 is 14.7 Å². The van der Waals surface area contributed by atoms with E-state index in [4.69, 9.17) is 5.73 Å². The molecule has 2 unspecified atom stereocenters. The molecule has 0 heterocycles. The molecule has 5 heteroatoms. The fourth-order valence-electron chi connectivity index (χ4n) is 3.89. The van der Waals surface area contributed by atoms with Gasteiger partial charge in [0.1, 0.15) is 5.54 Å². The van der Waals surface area contributed by atoms with Crippen LogP contribution in [0, 0.1) is 11.8 Å². The van der Waals surface area contributed by atoms with Crippen LogP contribution in [0.5, 0.6) is 0 Å². The molecule has 120 valence electrons. The zero-order chi connectivity index (χ0) is 15.3. The fraction of sp³-hybridized carbons (Fsp3) is 0.875. The molecule has 5 nitrogen and oxygen atoms in total. The van der Waals surface area contributed by atoms with Crippen molar-refractivity contribution in [2.45, 2.75) is 69.7 Å². The number of hydrogen-bond donors (Lipinski definition) is 3. The Morgan fingerprint density at radius 1 is 1.05 bits per heavy atom. The lowest BCUT2D eigenvalue weighted by Gasteiger charge is -2.35. The Kier molecular flexibility index (Phi) is 5.62. The highest BCUT2D eigenvalue weighted by atomic mass is 16.4. The third-order valence-electron chi connectivity index (χ3n) is 5.28. The summed E-state index contributed by atoms with van der Waals surface area (Å²) in [7, 11) is 0. The Morgan fingerprint density at radius 2 is 1.67 bits per heavy atom. The van der Waals surface area contributed by atoms with Crippen molar-refractivity contribution >= 4 is 11.9 Å². The SMILES string of the molecule is NCC1CCCCC1C(=O)NC1(C(=O)O)CCCCCC1. The van der Waals surface area contributed by atoms with Gasteiger partial charge in [-0.15, -0.1) is 0 Å². The van der Waals surface area contributed by atoms with Crippen molar-refractivity contribution in [1.29, 1.82) is 0 Å². The van der Waals surface area contributed by atoms with Crippen molar-refractivity contribution in [3.8, 4) is 0 Å². The normalized spacial score (nSPS) is 29.4. The molecule has 2 rings (SSSR count). The predicted molar refractivity (Wildman–Crippen MR) is 80.7 cm³/mol. The maximum Gasteiger partial charge on any atom is 0.329 e. The van der Waals surface area contributed by atoms with E-state index in [1.807, 2.05) is 0 Å². The van der Waals surface area contributed by atoms with E-state index in [1.54, 1.807) is 0 Å². The predicted octanol–water partition coefficient (Wildman–Crippen LogP) is 2.05. The molecular weight excluding hydrogens is 268 g/mol. The van der Waals surface area contributed by atoms with Gasteiger partial charge in [-0.05, 0) is 38.1 Å². The Morgan fingerprint density at radius 3 is 2.24 bits per heavy atom. The van der Waals surface area contributed by atoms with Gasteiger partial charge in [0.15, 0.2) is 0 Å². The second-order valence-corrected chi connectivity index (χ2v) is 6.68. The molecule has 0 aromatic carbocycles. The van der Waals surface area contributed by atoms with Crippen LogP contribution < -0.4 is 11.1 Å². The molecule has 0 saturated heterocycles. The quantitative estimate of drug-likeness (QED) is 0.692. The van der Waals surface area contributed by atoms with Crippen LogP contribution in [-0.2, 0) is 9.59 Å². The maximum atomic E-state index is 12.6. The number of carbonyl (C=O) groups excluding carboxylic acids is 1. The summed E-state index contributed by atoms with van der Waals surface area (Å²) in [6.07, 6.45) is 8.93. The van der Waals surface area contributed by atoms with Crippen LogP contribution in [0.3, 0.4) is 0 Å². The molecular formula is C16H28N2O3. The smallest absolute Gasteiger partial charge is 0.329 e. The van der Waals surface area contributed by atoms with Crippen molar-refractivity contribution in [2.75, 3.05) is 6.54 Å².